The van der Waals surface area contributed by atoms with Crippen molar-refractivity contribution in [1.82, 2.24) is 5.43 Å². The van der Waals surface area contributed by atoms with Crippen LogP contribution in [0.25, 0.3) is 10.1 Å². The Bertz CT molecular complexity index is 648. The summed E-state index contributed by atoms with van der Waals surface area (Å²) in [6, 6.07) is 3.65. The second-order valence-electron chi connectivity index (χ2n) is 3.61. The van der Waals surface area contributed by atoms with Gasteiger partial charge < -0.3 is 5.73 Å². The number of nitrogens with two attached hydrogens (primary N) is 1. The Labute approximate surface area is 109 Å². The summed E-state index contributed by atoms with van der Waals surface area (Å²) in [6.45, 7) is 0. The van der Waals surface area contributed by atoms with Gasteiger partial charge in [-0.2, -0.15) is 18.3 Å². The lowest BCUT2D eigenvalue weighted by Crippen LogP contribution is -2.24. The monoisotopic (exact) mass is 287 g/mol. The van der Waals surface area contributed by atoms with Crippen LogP contribution in [0.1, 0.15) is 11.1 Å². The molecule has 0 spiro atoms. The van der Waals surface area contributed by atoms with Crippen molar-refractivity contribution in [3.63, 3.8) is 0 Å². The van der Waals surface area contributed by atoms with Crippen LogP contribution in [0.3, 0.4) is 0 Å². The smallest absolute Gasteiger partial charge is 0.350 e. The zero-order valence-electron chi connectivity index (χ0n) is 9.36. The number of urea groups is 1. The minimum Gasteiger partial charge on any atom is -0.350 e. The van der Waals surface area contributed by atoms with Crippen molar-refractivity contribution in [3.05, 3.63) is 34.7 Å². The number of carbonyl (C=O) groups excluding carboxylic acids is 1. The largest absolute Gasteiger partial charge is 0.417 e. The number of alkyl halides is 3. The molecule has 4 nitrogen and oxygen atoms in total. The first-order valence-corrected chi connectivity index (χ1v) is 5.93. The predicted molar refractivity (Wildman–Crippen MR) is 67.1 cm³/mol. The van der Waals surface area contributed by atoms with Crippen LogP contribution in [0.15, 0.2) is 28.7 Å². The molecule has 0 aliphatic heterocycles. The number of benzene rings is 1. The number of hydrogen-bond donors (Lipinski definition) is 2. The van der Waals surface area contributed by atoms with Gasteiger partial charge in [-0.1, -0.05) is 18.2 Å². The molecule has 0 fully saturated rings. The van der Waals surface area contributed by atoms with Crippen molar-refractivity contribution in [1.29, 1.82) is 0 Å². The van der Waals surface area contributed by atoms with Gasteiger partial charge in [0.2, 0.25) is 0 Å². The second-order valence-corrected chi connectivity index (χ2v) is 4.48. The molecule has 0 bridgehead atoms. The Morgan fingerprint density at radius 1 is 1.42 bits per heavy atom. The minimum absolute atomic E-state index is 0.112. The quantitative estimate of drug-likeness (QED) is 0.647. The van der Waals surface area contributed by atoms with Crippen molar-refractivity contribution in [2.75, 3.05) is 0 Å². The first-order valence-electron chi connectivity index (χ1n) is 5.05. The summed E-state index contributed by atoms with van der Waals surface area (Å²) in [6.07, 6.45) is -3.14. The van der Waals surface area contributed by atoms with Crippen LogP contribution in [-0.4, -0.2) is 12.2 Å². The van der Waals surface area contributed by atoms with E-state index in [1.165, 1.54) is 18.3 Å². The number of fused-ring (bicyclic) bond motifs is 1. The molecule has 2 rings (SSSR count). The second kappa shape index (κ2) is 4.88. The summed E-state index contributed by atoms with van der Waals surface area (Å²) in [5.41, 5.74) is 6.61. The number of halogens is 3. The fourth-order valence-corrected chi connectivity index (χ4v) is 2.62. The Morgan fingerprint density at radius 3 is 2.79 bits per heavy atom. The molecule has 0 saturated carbocycles. The topological polar surface area (TPSA) is 67.5 Å². The van der Waals surface area contributed by atoms with E-state index in [1.807, 2.05) is 5.43 Å². The van der Waals surface area contributed by atoms with E-state index in [2.05, 4.69) is 5.10 Å². The van der Waals surface area contributed by atoms with Gasteiger partial charge in [0.1, 0.15) is 0 Å². The van der Waals surface area contributed by atoms with Crippen LogP contribution in [0, 0.1) is 0 Å². The Balaban J connectivity index is 2.45. The van der Waals surface area contributed by atoms with Gasteiger partial charge in [0.05, 0.1) is 11.8 Å². The highest BCUT2D eigenvalue weighted by atomic mass is 32.1. The van der Waals surface area contributed by atoms with Gasteiger partial charge in [-0.3, -0.25) is 0 Å². The van der Waals surface area contributed by atoms with Gasteiger partial charge in [-0.15, -0.1) is 11.3 Å². The van der Waals surface area contributed by atoms with Crippen molar-refractivity contribution in [3.8, 4) is 0 Å². The number of nitrogens with zero attached hydrogens (tertiary/aromatic N) is 1. The summed E-state index contributed by atoms with van der Waals surface area (Å²) < 4.78 is 38.7. The van der Waals surface area contributed by atoms with Crippen molar-refractivity contribution in [2.24, 2.45) is 10.8 Å². The summed E-state index contributed by atoms with van der Waals surface area (Å²) in [4.78, 5) is 10.4. The first kappa shape index (κ1) is 13.3. The van der Waals surface area contributed by atoms with Gasteiger partial charge in [0.25, 0.3) is 0 Å². The lowest BCUT2D eigenvalue weighted by molar-refractivity contribution is -0.136. The molecule has 0 radical (unpaired) electrons. The SMILES string of the molecule is NC(=O)NN=Cc1cccc2c(C(F)(F)F)csc12. The third-order valence-corrected chi connectivity index (χ3v) is 3.36. The van der Waals surface area contributed by atoms with Crippen LogP contribution >= 0.6 is 11.3 Å². The molecule has 2 amide bonds. The molecule has 0 atom stereocenters. The molecule has 0 aliphatic carbocycles. The van der Waals surface area contributed by atoms with E-state index in [9.17, 15) is 18.0 Å². The molecule has 100 valence electrons. The van der Waals surface area contributed by atoms with Crippen LogP contribution in [0.4, 0.5) is 18.0 Å². The number of rotatable bonds is 2. The van der Waals surface area contributed by atoms with Crippen LogP contribution in [0.2, 0.25) is 0 Å². The van der Waals surface area contributed by atoms with E-state index in [0.717, 1.165) is 16.7 Å². The normalized spacial score (nSPS) is 12.2. The summed E-state index contributed by atoms with van der Waals surface area (Å²) in [5, 5.41) is 4.71. The molecule has 0 saturated heterocycles. The Hall–Kier alpha value is -2.09. The van der Waals surface area contributed by atoms with Gasteiger partial charge in [0, 0.05) is 21.0 Å². The molecule has 2 aromatic rings. The molecular weight excluding hydrogens is 279 g/mol. The van der Waals surface area contributed by atoms with E-state index in [-0.39, 0.29) is 5.39 Å². The number of amides is 2. The van der Waals surface area contributed by atoms with Gasteiger partial charge in [0.15, 0.2) is 0 Å². The molecule has 0 aliphatic rings. The van der Waals surface area contributed by atoms with E-state index in [0.29, 0.717) is 10.3 Å². The molecule has 19 heavy (non-hydrogen) atoms. The Kier molecular flexibility index (Phi) is 3.43. The molecule has 1 aromatic carbocycles. The van der Waals surface area contributed by atoms with E-state index < -0.39 is 17.8 Å². The minimum atomic E-state index is -4.39. The van der Waals surface area contributed by atoms with Crippen LogP contribution in [0.5, 0.6) is 0 Å². The lowest BCUT2D eigenvalue weighted by atomic mass is 10.1. The standard InChI is InChI=1S/C11H8F3N3OS/c12-11(13,14)8-5-19-9-6(2-1-3-7(8)9)4-16-17-10(15)18/h1-5H,(H3,15,17,18). The maximum atomic E-state index is 12.7. The molecule has 0 unspecified atom stereocenters. The number of primary amides is 1. The highest BCUT2D eigenvalue weighted by Crippen LogP contribution is 2.39. The van der Waals surface area contributed by atoms with E-state index in [4.69, 9.17) is 5.73 Å². The maximum Gasteiger partial charge on any atom is 0.417 e. The average molecular weight is 287 g/mol. The third kappa shape index (κ3) is 2.84. The first-order chi connectivity index (χ1) is 8.89. The zero-order chi connectivity index (χ0) is 14.0. The highest BCUT2D eigenvalue weighted by molar-refractivity contribution is 7.17. The third-order valence-electron chi connectivity index (χ3n) is 2.31. The summed E-state index contributed by atoms with van der Waals surface area (Å²) in [5.74, 6) is 0. The average Bonchev–Trinajstić information content (AvgIpc) is 2.72. The number of thiophene rings is 1. The summed E-state index contributed by atoms with van der Waals surface area (Å²) >= 11 is 0.971. The molecule has 8 heteroatoms. The van der Waals surface area contributed by atoms with E-state index in [1.54, 1.807) is 6.07 Å². The van der Waals surface area contributed by atoms with E-state index >= 15 is 0 Å². The number of carbonyl (C=O) groups is 1. The van der Waals surface area contributed by atoms with Crippen LogP contribution in [-0.2, 0) is 6.18 Å². The lowest BCUT2D eigenvalue weighted by Gasteiger charge is -2.04. The number of hydrazone groups is 1. The van der Waals surface area contributed by atoms with Crippen LogP contribution < -0.4 is 11.2 Å². The number of hydrogen-bond acceptors (Lipinski definition) is 3. The van der Waals surface area contributed by atoms with Gasteiger partial charge >= 0.3 is 12.2 Å². The van der Waals surface area contributed by atoms with Crippen molar-refractivity contribution >= 4 is 33.7 Å². The van der Waals surface area contributed by atoms with Crippen molar-refractivity contribution in [2.45, 2.75) is 6.18 Å². The molecule has 3 N–H and O–H groups in total. The number of nitrogens with one attached hydrogen (secondary N) is 1. The van der Waals surface area contributed by atoms with Gasteiger partial charge in [-0.05, 0) is 0 Å². The highest BCUT2D eigenvalue weighted by Gasteiger charge is 2.33. The van der Waals surface area contributed by atoms with Crippen molar-refractivity contribution < 1.29 is 18.0 Å². The molecular formula is C11H8F3N3OS. The molecule has 1 heterocycles. The maximum absolute atomic E-state index is 12.7. The fraction of sp³-hybridized carbons (Fsp3) is 0.0909. The molecule has 1 aromatic heterocycles. The summed E-state index contributed by atoms with van der Waals surface area (Å²) in [7, 11) is 0. The zero-order valence-corrected chi connectivity index (χ0v) is 10.2. The fourth-order valence-electron chi connectivity index (χ4n) is 1.57. The van der Waals surface area contributed by atoms with Gasteiger partial charge in [-0.25, -0.2) is 10.2 Å². The Morgan fingerprint density at radius 2 is 2.16 bits per heavy atom. The predicted octanol–water partition coefficient (Wildman–Crippen LogP) is 2.92.